The molecule has 2 rings (SSSR count). The van der Waals surface area contributed by atoms with E-state index in [1.807, 2.05) is 6.08 Å². The number of aliphatic hydroxyl groups is 2. The van der Waals surface area contributed by atoms with Gasteiger partial charge in [0.1, 0.15) is 0 Å². The summed E-state index contributed by atoms with van der Waals surface area (Å²) in [6, 6.07) is 0. The third-order valence-corrected chi connectivity index (χ3v) is 4.55. The zero-order valence-corrected chi connectivity index (χ0v) is 11.6. The zero-order chi connectivity index (χ0) is 13.3. The summed E-state index contributed by atoms with van der Waals surface area (Å²) in [5.41, 5.74) is 3.81. The molecule has 0 saturated heterocycles. The van der Waals surface area contributed by atoms with Crippen molar-refractivity contribution in [2.45, 2.75) is 46.1 Å². The topological polar surface area (TPSA) is 40.5 Å². The number of rotatable bonds is 2. The molecule has 2 atom stereocenters. The van der Waals surface area contributed by atoms with Crippen molar-refractivity contribution >= 4 is 0 Å². The van der Waals surface area contributed by atoms with E-state index in [0.717, 1.165) is 19.3 Å². The molecule has 0 bridgehead atoms. The van der Waals surface area contributed by atoms with Crippen molar-refractivity contribution in [1.29, 1.82) is 0 Å². The third-order valence-electron chi connectivity index (χ3n) is 4.55. The Balaban J connectivity index is 2.34. The molecule has 0 heterocycles. The van der Waals surface area contributed by atoms with Gasteiger partial charge in [-0.2, -0.15) is 0 Å². The molecule has 0 amide bonds. The number of allylic oxidation sites excluding steroid dienone is 3. The van der Waals surface area contributed by atoms with E-state index in [2.05, 4.69) is 32.9 Å². The molecule has 0 aromatic carbocycles. The van der Waals surface area contributed by atoms with Crippen molar-refractivity contribution in [3.05, 3.63) is 34.9 Å². The Kier molecular flexibility index (Phi) is 3.79. The summed E-state index contributed by atoms with van der Waals surface area (Å²) in [7, 11) is 0. The monoisotopic (exact) mass is 248 g/mol. The van der Waals surface area contributed by atoms with Crippen molar-refractivity contribution in [2.75, 3.05) is 6.61 Å². The third kappa shape index (κ3) is 2.32. The Morgan fingerprint density at radius 2 is 2.22 bits per heavy atom. The van der Waals surface area contributed by atoms with Gasteiger partial charge in [-0.15, -0.1) is 0 Å². The van der Waals surface area contributed by atoms with Gasteiger partial charge in [-0.05, 0) is 43.3 Å². The minimum Gasteiger partial charge on any atom is -0.392 e. The van der Waals surface area contributed by atoms with E-state index in [9.17, 15) is 5.11 Å². The first-order valence-electron chi connectivity index (χ1n) is 6.84. The average molecular weight is 248 g/mol. The molecule has 0 radical (unpaired) electrons. The fourth-order valence-corrected chi connectivity index (χ4v) is 3.06. The van der Waals surface area contributed by atoms with Crippen molar-refractivity contribution in [1.82, 2.24) is 0 Å². The van der Waals surface area contributed by atoms with Crippen LogP contribution in [-0.4, -0.2) is 22.9 Å². The minimum absolute atomic E-state index is 0.111. The van der Waals surface area contributed by atoms with Gasteiger partial charge in [0.2, 0.25) is 0 Å². The maximum Gasteiger partial charge on any atom is 0.0666 e. The Morgan fingerprint density at radius 1 is 1.50 bits per heavy atom. The number of hydrogen-bond acceptors (Lipinski definition) is 2. The van der Waals surface area contributed by atoms with Gasteiger partial charge in [0, 0.05) is 5.41 Å². The lowest BCUT2D eigenvalue weighted by Gasteiger charge is -2.41. The summed E-state index contributed by atoms with van der Waals surface area (Å²) < 4.78 is 0. The SMILES string of the molecule is C/C(=C\CO)[C@H]1C=C2C(=CC[C@H](O)C2(C)C)CC1. The highest BCUT2D eigenvalue weighted by Crippen LogP contribution is 2.46. The van der Waals surface area contributed by atoms with Gasteiger partial charge < -0.3 is 10.2 Å². The Bertz CT molecular complexity index is 413. The van der Waals surface area contributed by atoms with Crippen LogP contribution in [0.3, 0.4) is 0 Å². The van der Waals surface area contributed by atoms with Gasteiger partial charge >= 0.3 is 0 Å². The molecule has 0 aliphatic heterocycles. The highest BCUT2D eigenvalue weighted by Gasteiger charge is 2.38. The van der Waals surface area contributed by atoms with Gasteiger partial charge in [0.15, 0.2) is 0 Å². The lowest BCUT2D eigenvalue weighted by Crippen LogP contribution is -2.36. The Labute approximate surface area is 110 Å². The van der Waals surface area contributed by atoms with Crippen LogP contribution in [0.25, 0.3) is 0 Å². The summed E-state index contributed by atoms with van der Waals surface area (Å²) in [4.78, 5) is 0. The van der Waals surface area contributed by atoms with Crippen molar-refractivity contribution < 1.29 is 10.2 Å². The smallest absolute Gasteiger partial charge is 0.0666 e. The molecule has 0 spiro atoms. The summed E-state index contributed by atoms with van der Waals surface area (Å²) >= 11 is 0. The van der Waals surface area contributed by atoms with Crippen LogP contribution in [-0.2, 0) is 0 Å². The summed E-state index contributed by atoms with van der Waals surface area (Å²) in [6.07, 6.45) is 9.08. The molecule has 18 heavy (non-hydrogen) atoms. The van der Waals surface area contributed by atoms with E-state index in [1.165, 1.54) is 16.7 Å². The fourth-order valence-electron chi connectivity index (χ4n) is 3.06. The standard InChI is InChI=1S/C16H24O2/c1-11(8-9-17)13-5-4-12-6-7-15(18)16(2,3)14(12)10-13/h6,8,10,13,15,17-18H,4-5,7,9H2,1-3H3/b11-8+/t13-,15+/m1/s1. The average Bonchev–Trinajstić information content (AvgIpc) is 2.34. The molecule has 2 heteroatoms. The maximum atomic E-state index is 10.2. The van der Waals surface area contributed by atoms with Crippen LogP contribution in [0.15, 0.2) is 34.9 Å². The van der Waals surface area contributed by atoms with E-state index >= 15 is 0 Å². The molecule has 0 fully saturated rings. The van der Waals surface area contributed by atoms with Crippen LogP contribution in [0, 0.1) is 11.3 Å². The summed E-state index contributed by atoms with van der Waals surface area (Å²) in [5, 5.41) is 19.2. The Hall–Kier alpha value is -0.860. The highest BCUT2D eigenvalue weighted by molar-refractivity contribution is 5.43. The largest absolute Gasteiger partial charge is 0.392 e. The van der Waals surface area contributed by atoms with Crippen molar-refractivity contribution in [3.8, 4) is 0 Å². The first-order chi connectivity index (χ1) is 8.46. The van der Waals surface area contributed by atoms with E-state index in [1.54, 1.807) is 0 Å². The van der Waals surface area contributed by atoms with Gasteiger partial charge in [-0.1, -0.05) is 37.6 Å². The molecule has 2 nitrogen and oxygen atoms in total. The van der Waals surface area contributed by atoms with Crippen molar-refractivity contribution in [2.24, 2.45) is 11.3 Å². The molecule has 2 N–H and O–H groups in total. The van der Waals surface area contributed by atoms with E-state index < -0.39 is 0 Å². The summed E-state index contributed by atoms with van der Waals surface area (Å²) in [6.45, 7) is 6.45. The molecule has 2 aliphatic rings. The number of fused-ring (bicyclic) bond motifs is 1. The van der Waals surface area contributed by atoms with Gasteiger partial charge in [-0.3, -0.25) is 0 Å². The van der Waals surface area contributed by atoms with Crippen LogP contribution in [0.2, 0.25) is 0 Å². The van der Waals surface area contributed by atoms with Crippen LogP contribution in [0.5, 0.6) is 0 Å². The molecule has 2 aliphatic carbocycles. The van der Waals surface area contributed by atoms with E-state index in [0.29, 0.717) is 5.92 Å². The number of aliphatic hydroxyl groups excluding tert-OH is 2. The first-order valence-corrected chi connectivity index (χ1v) is 6.84. The van der Waals surface area contributed by atoms with Gasteiger partial charge in [-0.25, -0.2) is 0 Å². The first kappa shape index (κ1) is 13.6. The lowest BCUT2D eigenvalue weighted by atomic mass is 9.66. The highest BCUT2D eigenvalue weighted by atomic mass is 16.3. The van der Waals surface area contributed by atoms with Gasteiger partial charge in [0.25, 0.3) is 0 Å². The quantitative estimate of drug-likeness (QED) is 0.738. The van der Waals surface area contributed by atoms with Crippen LogP contribution >= 0.6 is 0 Å². The fraction of sp³-hybridized carbons (Fsp3) is 0.625. The molecular weight excluding hydrogens is 224 g/mol. The molecule has 100 valence electrons. The lowest BCUT2D eigenvalue weighted by molar-refractivity contribution is 0.0720. The van der Waals surface area contributed by atoms with E-state index in [-0.39, 0.29) is 18.1 Å². The molecule has 0 aromatic heterocycles. The second-order valence-corrected chi connectivity index (χ2v) is 6.06. The van der Waals surface area contributed by atoms with Gasteiger partial charge in [0.05, 0.1) is 12.7 Å². The molecular formula is C16H24O2. The second-order valence-electron chi connectivity index (χ2n) is 6.06. The van der Waals surface area contributed by atoms with Crippen LogP contribution < -0.4 is 0 Å². The summed E-state index contributed by atoms with van der Waals surface area (Å²) in [5.74, 6) is 0.411. The van der Waals surface area contributed by atoms with Crippen molar-refractivity contribution in [3.63, 3.8) is 0 Å². The molecule has 0 saturated carbocycles. The Morgan fingerprint density at radius 3 is 2.89 bits per heavy atom. The number of hydrogen-bond donors (Lipinski definition) is 2. The van der Waals surface area contributed by atoms with E-state index in [4.69, 9.17) is 5.11 Å². The minimum atomic E-state index is -0.284. The second kappa shape index (κ2) is 5.02. The predicted molar refractivity (Wildman–Crippen MR) is 74.1 cm³/mol. The van der Waals surface area contributed by atoms with Crippen LogP contribution in [0.4, 0.5) is 0 Å². The molecule has 0 unspecified atom stereocenters. The normalized spacial score (nSPS) is 31.5. The maximum absolute atomic E-state index is 10.2. The zero-order valence-electron chi connectivity index (χ0n) is 11.6. The van der Waals surface area contributed by atoms with Crippen LogP contribution in [0.1, 0.15) is 40.0 Å². The predicted octanol–water partition coefficient (Wildman–Crippen LogP) is 2.98. The molecule has 0 aromatic rings.